The molecule has 0 fully saturated rings. The lowest BCUT2D eigenvalue weighted by Crippen LogP contribution is -2.39. The van der Waals surface area contributed by atoms with E-state index >= 15 is 0 Å². The van der Waals surface area contributed by atoms with Crippen molar-refractivity contribution in [1.29, 1.82) is 0 Å². The van der Waals surface area contributed by atoms with E-state index in [0.717, 1.165) is 25.7 Å². The van der Waals surface area contributed by atoms with E-state index in [9.17, 15) is 14.0 Å². The number of unbranched alkanes of at least 4 members (excludes halogenated alkanes) is 3. The number of amides is 1. The second-order valence-corrected chi connectivity index (χ2v) is 8.32. The SMILES string of the molecule is COCCn1c(C(C)N(CCCCCCN)C(=O)c2ccc(F)cc2)nc2ccccc2c1=O. The number of hydrogen-bond acceptors (Lipinski definition) is 5. The highest BCUT2D eigenvalue weighted by Gasteiger charge is 2.27. The van der Waals surface area contributed by atoms with E-state index in [-0.39, 0.29) is 11.5 Å². The minimum atomic E-state index is -0.485. The third kappa shape index (κ3) is 6.07. The molecule has 2 N–H and O–H groups in total. The van der Waals surface area contributed by atoms with Crippen LogP contribution in [-0.2, 0) is 11.3 Å². The Morgan fingerprint density at radius 2 is 1.82 bits per heavy atom. The Morgan fingerprint density at radius 1 is 1.12 bits per heavy atom. The zero-order valence-electron chi connectivity index (χ0n) is 19.9. The highest BCUT2D eigenvalue weighted by atomic mass is 19.1. The molecule has 1 amide bonds. The summed E-state index contributed by atoms with van der Waals surface area (Å²) in [4.78, 5) is 33.3. The van der Waals surface area contributed by atoms with Crippen molar-refractivity contribution in [1.82, 2.24) is 14.5 Å². The van der Waals surface area contributed by atoms with E-state index in [1.807, 2.05) is 13.0 Å². The second-order valence-electron chi connectivity index (χ2n) is 8.32. The van der Waals surface area contributed by atoms with Gasteiger partial charge in [0.15, 0.2) is 0 Å². The Labute approximate surface area is 199 Å². The Morgan fingerprint density at radius 3 is 2.53 bits per heavy atom. The zero-order valence-corrected chi connectivity index (χ0v) is 19.9. The smallest absolute Gasteiger partial charge is 0.261 e. The Balaban J connectivity index is 2.01. The van der Waals surface area contributed by atoms with Crippen molar-refractivity contribution in [3.8, 4) is 0 Å². The number of carbonyl (C=O) groups is 1. The van der Waals surface area contributed by atoms with Gasteiger partial charge in [0.25, 0.3) is 11.5 Å². The van der Waals surface area contributed by atoms with Crippen LogP contribution in [0.4, 0.5) is 4.39 Å². The molecule has 182 valence electrons. The van der Waals surface area contributed by atoms with Crippen LogP contribution in [0, 0.1) is 5.82 Å². The van der Waals surface area contributed by atoms with Crippen molar-refractivity contribution < 1.29 is 13.9 Å². The zero-order chi connectivity index (χ0) is 24.5. The first-order valence-electron chi connectivity index (χ1n) is 11.7. The Hall–Kier alpha value is -3.10. The lowest BCUT2D eigenvalue weighted by Gasteiger charge is -2.31. The molecule has 3 aromatic rings. The number of fused-ring (bicyclic) bond motifs is 1. The van der Waals surface area contributed by atoms with Gasteiger partial charge in [-0.05, 0) is 62.7 Å². The molecular formula is C26H33FN4O3. The number of nitrogens with zero attached hydrogens (tertiary/aromatic N) is 3. The molecule has 0 saturated carbocycles. The summed E-state index contributed by atoms with van der Waals surface area (Å²) in [7, 11) is 1.58. The Kier molecular flexibility index (Phi) is 9.30. The van der Waals surface area contributed by atoms with Crippen LogP contribution in [0.25, 0.3) is 10.9 Å². The van der Waals surface area contributed by atoms with Crippen molar-refractivity contribution in [3.05, 3.63) is 76.1 Å². The topological polar surface area (TPSA) is 90.4 Å². The summed E-state index contributed by atoms with van der Waals surface area (Å²) in [5.41, 5.74) is 6.41. The molecule has 7 nitrogen and oxygen atoms in total. The molecule has 3 rings (SSSR count). The molecule has 8 heteroatoms. The van der Waals surface area contributed by atoms with Crippen LogP contribution in [0.3, 0.4) is 0 Å². The standard InChI is InChI=1S/C26H33FN4O3/c1-19(24-29-23-10-6-5-9-22(23)26(33)31(24)17-18-34-2)30(16-8-4-3-7-15-28)25(32)20-11-13-21(27)14-12-20/h5-6,9-14,19H,3-4,7-8,15-18,28H2,1-2H3. The normalized spacial score (nSPS) is 12.1. The van der Waals surface area contributed by atoms with E-state index in [1.54, 1.807) is 34.8 Å². The number of halogens is 1. The lowest BCUT2D eigenvalue weighted by atomic mass is 10.1. The minimum Gasteiger partial charge on any atom is -0.383 e. The molecule has 0 aliphatic heterocycles. The van der Waals surface area contributed by atoms with Gasteiger partial charge in [-0.2, -0.15) is 0 Å². The lowest BCUT2D eigenvalue weighted by molar-refractivity contribution is 0.0673. The fourth-order valence-electron chi connectivity index (χ4n) is 4.05. The van der Waals surface area contributed by atoms with Crippen LogP contribution in [-0.4, -0.2) is 47.2 Å². The number of carbonyl (C=O) groups excluding carboxylic acids is 1. The van der Waals surface area contributed by atoms with Crippen LogP contribution < -0.4 is 11.3 Å². The van der Waals surface area contributed by atoms with Gasteiger partial charge in [-0.3, -0.25) is 14.2 Å². The van der Waals surface area contributed by atoms with Crippen LogP contribution >= 0.6 is 0 Å². The van der Waals surface area contributed by atoms with Crippen molar-refractivity contribution in [2.24, 2.45) is 5.73 Å². The molecule has 2 aromatic carbocycles. The number of rotatable bonds is 12. The fourth-order valence-corrected chi connectivity index (χ4v) is 4.05. The summed E-state index contributed by atoms with van der Waals surface area (Å²) < 4.78 is 20.3. The van der Waals surface area contributed by atoms with Crippen LogP contribution in [0.15, 0.2) is 53.3 Å². The van der Waals surface area contributed by atoms with Crippen LogP contribution in [0.5, 0.6) is 0 Å². The summed E-state index contributed by atoms with van der Waals surface area (Å²) in [6.45, 7) is 3.66. The summed E-state index contributed by atoms with van der Waals surface area (Å²) in [5, 5.41) is 0.521. The highest BCUT2D eigenvalue weighted by molar-refractivity contribution is 5.94. The van der Waals surface area contributed by atoms with Crippen molar-refractivity contribution in [2.45, 2.75) is 45.2 Å². The maximum absolute atomic E-state index is 13.5. The number of ether oxygens (including phenoxy) is 1. The molecule has 0 aliphatic carbocycles. The second kappa shape index (κ2) is 12.4. The average molecular weight is 469 g/mol. The maximum Gasteiger partial charge on any atom is 0.261 e. The first-order valence-corrected chi connectivity index (χ1v) is 11.7. The number of para-hydroxylation sites is 1. The van der Waals surface area contributed by atoms with E-state index in [4.69, 9.17) is 15.5 Å². The van der Waals surface area contributed by atoms with Gasteiger partial charge >= 0.3 is 0 Å². The molecule has 0 spiro atoms. The van der Waals surface area contributed by atoms with Crippen molar-refractivity contribution in [2.75, 3.05) is 26.8 Å². The molecule has 0 radical (unpaired) electrons. The van der Waals surface area contributed by atoms with Gasteiger partial charge in [0.05, 0.1) is 30.1 Å². The van der Waals surface area contributed by atoms with Gasteiger partial charge in [-0.25, -0.2) is 9.37 Å². The maximum atomic E-state index is 13.5. The van der Waals surface area contributed by atoms with E-state index < -0.39 is 11.9 Å². The van der Waals surface area contributed by atoms with Gasteiger partial charge in [0, 0.05) is 19.2 Å². The molecule has 0 saturated heterocycles. The third-order valence-corrected chi connectivity index (χ3v) is 5.96. The number of methoxy groups -OCH3 is 1. The quantitative estimate of drug-likeness (QED) is 0.407. The van der Waals surface area contributed by atoms with Crippen molar-refractivity contribution in [3.63, 3.8) is 0 Å². The first kappa shape index (κ1) is 25.5. The van der Waals surface area contributed by atoms with Gasteiger partial charge < -0.3 is 15.4 Å². The fraction of sp³-hybridized carbons (Fsp3) is 0.423. The molecule has 1 aromatic heterocycles. The largest absolute Gasteiger partial charge is 0.383 e. The number of nitrogens with two attached hydrogens (primary N) is 1. The summed E-state index contributed by atoms with van der Waals surface area (Å²) in [5.74, 6) is -0.132. The summed E-state index contributed by atoms with van der Waals surface area (Å²) in [6, 6.07) is 12.2. The molecule has 1 atom stereocenters. The third-order valence-electron chi connectivity index (χ3n) is 5.96. The molecule has 34 heavy (non-hydrogen) atoms. The van der Waals surface area contributed by atoms with E-state index in [1.165, 1.54) is 24.3 Å². The molecule has 0 aliphatic rings. The monoisotopic (exact) mass is 468 g/mol. The van der Waals surface area contributed by atoms with Crippen LogP contribution in [0.1, 0.15) is 54.8 Å². The molecule has 1 unspecified atom stereocenters. The predicted octanol–water partition coefficient (Wildman–Crippen LogP) is 3.90. The Bertz CT molecular complexity index is 1150. The molecule has 0 bridgehead atoms. The summed E-state index contributed by atoms with van der Waals surface area (Å²) >= 11 is 0. The van der Waals surface area contributed by atoms with Gasteiger partial charge in [0.1, 0.15) is 11.6 Å². The number of hydrogen-bond donors (Lipinski definition) is 1. The van der Waals surface area contributed by atoms with Gasteiger partial charge in [-0.15, -0.1) is 0 Å². The van der Waals surface area contributed by atoms with Crippen LogP contribution in [0.2, 0.25) is 0 Å². The minimum absolute atomic E-state index is 0.165. The average Bonchev–Trinajstić information content (AvgIpc) is 2.85. The van der Waals surface area contributed by atoms with Crippen molar-refractivity contribution >= 4 is 16.8 Å². The van der Waals surface area contributed by atoms with E-state index in [2.05, 4.69) is 0 Å². The van der Waals surface area contributed by atoms with E-state index in [0.29, 0.717) is 48.5 Å². The number of benzene rings is 2. The number of aromatic nitrogens is 2. The van der Waals surface area contributed by atoms with Gasteiger partial charge in [0.2, 0.25) is 0 Å². The molecule has 1 heterocycles. The van der Waals surface area contributed by atoms with Gasteiger partial charge in [-0.1, -0.05) is 25.0 Å². The predicted molar refractivity (Wildman–Crippen MR) is 131 cm³/mol. The first-order chi connectivity index (χ1) is 16.5. The highest BCUT2D eigenvalue weighted by Crippen LogP contribution is 2.23. The molecular weight excluding hydrogens is 435 g/mol. The summed E-state index contributed by atoms with van der Waals surface area (Å²) in [6.07, 6.45) is 3.63.